The molecule has 2 rings (SSSR count). The molecule has 2 aromatic rings. The van der Waals surface area contributed by atoms with Crippen LogP contribution in [0.1, 0.15) is 36.7 Å². The van der Waals surface area contributed by atoms with Gasteiger partial charge in [-0.05, 0) is 46.6 Å². The van der Waals surface area contributed by atoms with Crippen LogP contribution in [0.15, 0.2) is 47.1 Å². The van der Waals surface area contributed by atoms with Crippen LogP contribution in [-0.2, 0) is 0 Å². The second-order valence-electron chi connectivity index (χ2n) is 5.00. The van der Waals surface area contributed by atoms with Crippen molar-refractivity contribution in [3.8, 4) is 0 Å². The summed E-state index contributed by atoms with van der Waals surface area (Å²) in [5, 5.41) is 6.17. The predicted molar refractivity (Wildman–Crippen MR) is 94.3 cm³/mol. The lowest BCUT2D eigenvalue weighted by molar-refractivity contribution is 0.102. The molecule has 0 aliphatic heterocycles. The average Bonchev–Trinajstić information content (AvgIpc) is 2.54. The van der Waals surface area contributed by atoms with Gasteiger partial charge in [-0.25, -0.2) is 0 Å². The number of carbonyl (C=O) groups excluding carboxylic acids is 1. The Hall–Kier alpha value is -1.88. The second-order valence-corrected chi connectivity index (χ2v) is 5.85. The fourth-order valence-corrected chi connectivity index (χ4v) is 2.41. The summed E-state index contributed by atoms with van der Waals surface area (Å²) >= 11 is 3.41. The Labute approximate surface area is 139 Å². The van der Waals surface area contributed by atoms with Crippen molar-refractivity contribution < 1.29 is 4.79 Å². The molecule has 22 heavy (non-hydrogen) atoms. The highest BCUT2D eigenvalue weighted by Crippen LogP contribution is 2.22. The van der Waals surface area contributed by atoms with Crippen molar-refractivity contribution >= 4 is 33.2 Å². The van der Waals surface area contributed by atoms with E-state index in [1.54, 1.807) is 12.3 Å². The van der Waals surface area contributed by atoms with Crippen LogP contribution in [0.4, 0.5) is 11.4 Å². The van der Waals surface area contributed by atoms with Gasteiger partial charge in [0.15, 0.2) is 0 Å². The summed E-state index contributed by atoms with van der Waals surface area (Å²) in [6.07, 6.45) is 5.17. The first-order valence-electron chi connectivity index (χ1n) is 7.46. The van der Waals surface area contributed by atoms with Gasteiger partial charge in [0.05, 0.1) is 5.69 Å². The zero-order valence-corrected chi connectivity index (χ0v) is 14.2. The van der Waals surface area contributed by atoms with Gasteiger partial charge in [-0.2, -0.15) is 0 Å². The van der Waals surface area contributed by atoms with Crippen LogP contribution >= 0.6 is 15.9 Å². The van der Waals surface area contributed by atoms with Crippen molar-refractivity contribution in [1.29, 1.82) is 0 Å². The van der Waals surface area contributed by atoms with Crippen LogP contribution < -0.4 is 10.6 Å². The number of aromatic nitrogens is 1. The first-order valence-corrected chi connectivity index (χ1v) is 8.26. The van der Waals surface area contributed by atoms with Crippen molar-refractivity contribution in [2.45, 2.75) is 26.2 Å². The summed E-state index contributed by atoms with van der Waals surface area (Å²) in [6.45, 7) is 3.08. The summed E-state index contributed by atoms with van der Waals surface area (Å²) in [5.41, 5.74) is 2.05. The van der Waals surface area contributed by atoms with E-state index in [-0.39, 0.29) is 5.91 Å². The molecule has 0 fully saturated rings. The molecule has 116 valence electrons. The molecule has 0 spiro atoms. The minimum absolute atomic E-state index is 0.218. The highest BCUT2D eigenvalue weighted by molar-refractivity contribution is 9.10. The molecule has 0 saturated carbocycles. The number of pyridine rings is 1. The lowest BCUT2D eigenvalue weighted by atomic mass is 10.2. The standard InChI is InChI=1S/C17H20BrN3O/c1-2-3-6-10-19-13-9-11-20-16(12-13)17(22)21-15-8-5-4-7-14(15)18/h4-5,7-9,11-12H,2-3,6,10H2,1H3,(H,19,20)(H,21,22). The van der Waals surface area contributed by atoms with E-state index in [1.165, 1.54) is 12.8 Å². The zero-order chi connectivity index (χ0) is 15.8. The van der Waals surface area contributed by atoms with Gasteiger partial charge in [0.25, 0.3) is 5.91 Å². The number of rotatable bonds is 7. The molecule has 0 bridgehead atoms. The molecule has 0 saturated heterocycles. The summed E-state index contributed by atoms with van der Waals surface area (Å²) < 4.78 is 0.845. The normalized spacial score (nSPS) is 10.3. The molecule has 0 radical (unpaired) electrons. The fourth-order valence-electron chi connectivity index (χ4n) is 2.02. The number of nitrogens with zero attached hydrogens (tertiary/aromatic N) is 1. The van der Waals surface area contributed by atoms with Gasteiger partial charge in [0, 0.05) is 22.9 Å². The number of hydrogen-bond donors (Lipinski definition) is 2. The van der Waals surface area contributed by atoms with Crippen molar-refractivity contribution in [1.82, 2.24) is 4.98 Å². The Bertz CT molecular complexity index is 631. The Morgan fingerprint density at radius 2 is 2.05 bits per heavy atom. The third-order valence-corrected chi connectivity index (χ3v) is 3.92. The van der Waals surface area contributed by atoms with E-state index in [4.69, 9.17) is 0 Å². The smallest absolute Gasteiger partial charge is 0.274 e. The minimum atomic E-state index is -0.218. The number of carbonyl (C=O) groups is 1. The van der Waals surface area contributed by atoms with Crippen molar-refractivity contribution in [2.75, 3.05) is 17.2 Å². The Balaban J connectivity index is 1.99. The van der Waals surface area contributed by atoms with Gasteiger partial charge in [-0.1, -0.05) is 31.9 Å². The molecule has 1 aromatic carbocycles. The summed E-state index contributed by atoms with van der Waals surface area (Å²) in [6, 6.07) is 11.2. The monoisotopic (exact) mass is 361 g/mol. The van der Waals surface area contributed by atoms with Crippen LogP contribution in [-0.4, -0.2) is 17.4 Å². The highest BCUT2D eigenvalue weighted by Gasteiger charge is 2.09. The molecule has 0 atom stereocenters. The minimum Gasteiger partial charge on any atom is -0.385 e. The Kier molecular flexibility index (Phi) is 6.40. The molecule has 5 heteroatoms. The predicted octanol–water partition coefficient (Wildman–Crippen LogP) is 4.70. The number of amides is 1. The molecule has 2 N–H and O–H groups in total. The molecule has 0 aliphatic carbocycles. The Morgan fingerprint density at radius 1 is 1.23 bits per heavy atom. The lowest BCUT2D eigenvalue weighted by Crippen LogP contribution is -2.14. The number of hydrogen-bond acceptors (Lipinski definition) is 3. The number of para-hydroxylation sites is 1. The number of benzene rings is 1. The molecule has 1 aromatic heterocycles. The van der Waals surface area contributed by atoms with Crippen LogP contribution in [0.3, 0.4) is 0 Å². The van der Waals surface area contributed by atoms with Crippen LogP contribution in [0.5, 0.6) is 0 Å². The summed E-state index contributed by atoms with van der Waals surface area (Å²) in [5.74, 6) is -0.218. The van der Waals surface area contributed by atoms with E-state index >= 15 is 0 Å². The maximum atomic E-state index is 12.3. The highest BCUT2D eigenvalue weighted by atomic mass is 79.9. The van der Waals surface area contributed by atoms with Crippen molar-refractivity contribution in [3.63, 3.8) is 0 Å². The summed E-state index contributed by atoms with van der Waals surface area (Å²) in [4.78, 5) is 16.4. The van der Waals surface area contributed by atoms with Crippen molar-refractivity contribution in [3.05, 3.63) is 52.8 Å². The molecular formula is C17H20BrN3O. The maximum absolute atomic E-state index is 12.3. The first-order chi connectivity index (χ1) is 10.7. The van der Waals surface area contributed by atoms with Gasteiger partial charge >= 0.3 is 0 Å². The van der Waals surface area contributed by atoms with E-state index in [2.05, 4.69) is 38.5 Å². The van der Waals surface area contributed by atoms with Crippen LogP contribution in [0.25, 0.3) is 0 Å². The lowest BCUT2D eigenvalue weighted by Gasteiger charge is -2.09. The number of anilines is 2. The van der Waals surface area contributed by atoms with Crippen molar-refractivity contribution in [2.24, 2.45) is 0 Å². The Morgan fingerprint density at radius 3 is 2.82 bits per heavy atom. The largest absolute Gasteiger partial charge is 0.385 e. The van der Waals surface area contributed by atoms with Gasteiger partial charge in [-0.15, -0.1) is 0 Å². The van der Waals surface area contributed by atoms with E-state index in [1.807, 2.05) is 30.3 Å². The molecule has 4 nitrogen and oxygen atoms in total. The average molecular weight is 362 g/mol. The molecule has 1 amide bonds. The number of nitrogens with one attached hydrogen (secondary N) is 2. The van der Waals surface area contributed by atoms with Crippen LogP contribution in [0.2, 0.25) is 0 Å². The van der Waals surface area contributed by atoms with Gasteiger partial charge in [0.2, 0.25) is 0 Å². The number of halogens is 1. The van der Waals surface area contributed by atoms with E-state index in [0.29, 0.717) is 5.69 Å². The molecular weight excluding hydrogens is 342 g/mol. The topological polar surface area (TPSA) is 54.0 Å². The van der Waals surface area contributed by atoms with E-state index in [9.17, 15) is 4.79 Å². The SMILES string of the molecule is CCCCCNc1ccnc(C(=O)Nc2ccccc2Br)c1. The van der Waals surface area contributed by atoms with Gasteiger partial charge in [-0.3, -0.25) is 9.78 Å². The summed E-state index contributed by atoms with van der Waals surface area (Å²) in [7, 11) is 0. The fraction of sp³-hybridized carbons (Fsp3) is 0.294. The van der Waals surface area contributed by atoms with Crippen LogP contribution in [0, 0.1) is 0 Å². The zero-order valence-electron chi connectivity index (χ0n) is 12.6. The quantitative estimate of drug-likeness (QED) is 0.702. The third kappa shape index (κ3) is 4.84. The third-order valence-electron chi connectivity index (χ3n) is 3.22. The van der Waals surface area contributed by atoms with E-state index in [0.717, 1.165) is 28.8 Å². The van der Waals surface area contributed by atoms with E-state index < -0.39 is 0 Å². The molecule has 1 heterocycles. The first kappa shape index (κ1) is 16.5. The van der Waals surface area contributed by atoms with Gasteiger partial charge < -0.3 is 10.6 Å². The molecule has 0 unspecified atom stereocenters. The number of unbranched alkanes of at least 4 members (excludes halogenated alkanes) is 2. The maximum Gasteiger partial charge on any atom is 0.274 e. The second kappa shape index (κ2) is 8.54. The van der Waals surface area contributed by atoms with Gasteiger partial charge in [0.1, 0.15) is 5.69 Å². The molecule has 0 aliphatic rings.